The summed E-state index contributed by atoms with van der Waals surface area (Å²) in [5.74, 6) is 0.371. The number of rotatable bonds is 7. The third-order valence-corrected chi connectivity index (χ3v) is 5.91. The van der Waals surface area contributed by atoms with Gasteiger partial charge in [-0.05, 0) is 35.9 Å². The molecule has 9 heteroatoms. The molecule has 3 heterocycles. The van der Waals surface area contributed by atoms with Gasteiger partial charge in [0, 0.05) is 30.4 Å². The molecule has 2 aromatic carbocycles. The molecule has 0 bridgehead atoms. The number of pyridine rings is 1. The summed E-state index contributed by atoms with van der Waals surface area (Å²) in [5.41, 5.74) is 3.07. The van der Waals surface area contributed by atoms with Crippen LogP contribution < -0.4 is 15.6 Å². The van der Waals surface area contributed by atoms with Crippen LogP contribution in [0.2, 0.25) is 0 Å². The molecule has 9 nitrogen and oxygen atoms in total. The molecule has 36 heavy (non-hydrogen) atoms. The Morgan fingerprint density at radius 2 is 1.78 bits per heavy atom. The van der Waals surface area contributed by atoms with Crippen molar-refractivity contribution < 1.29 is 9.53 Å². The molecule has 0 unspecified atom stereocenters. The SMILES string of the molecule is COc1ccccc1-c1cc(C(=O)NCc2nn(Cc3cccnc3)c(=O)c3ccccc23)n(C)n1. The molecule has 0 spiro atoms. The third kappa shape index (κ3) is 4.46. The van der Waals surface area contributed by atoms with Crippen molar-refractivity contribution >= 4 is 16.7 Å². The molecule has 1 amide bonds. The lowest BCUT2D eigenvalue weighted by atomic mass is 10.1. The van der Waals surface area contributed by atoms with Gasteiger partial charge in [0.1, 0.15) is 11.4 Å². The molecule has 180 valence electrons. The quantitative estimate of drug-likeness (QED) is 0.384. The molecule has 1 N–H and O–H groups in total. The lowest BCUT2D eigenvalue weighted by Gasteiger charge is -2.12. The van der Waals surface area contributed by atoms with Crippen LogP contribution in [0, 0.1) is 0 Å². The summed E-state index contributed by atoms with van der Waals surface area (Å²) in [6.07, 6.45) is 3.38. The van der Waals surface area contributed by atoms with Gasteiger partial charge in [0.25, 0.3) is 11.5 Å². The predicted octanol–water partition coefficient (Wildman–Crippen LogP) is 3.18. The van der Waals surface area contributed by atoms with Crippen LogP contribution >= 0.6 is 0 Å². The van der Waals surface area contributed by atoms with E-state index in [0.717, 1.165) is 11.1 Å². The second-order valence-electron chi connectivity index (χ2n) is 8.24. The van der Waals surface area contributed by atoms with E-state index in [4.69, 9.17) is 4.74 Å². The van der Waals surface area contributed by atoms with Crippen LogP contribution in [-0.4, -0.2) is 37.6 Å². The molecule has 0 radical (unpaired) electrons. The Morgan fingerprint density at radius 1 is 1.00 bits per heavy atom. The standard InChI is InChI=1S/C27H24N6O3/c1-32-24(14-22(30-32)21-11-5-6-12-25(21)36-2)26(34)29-16-23-19-9-3-4-10-20(19)27(35)33(31-23)17-18-8-7-13-28-15-18/h3-15H,16-17H2,1-2H3,(H,29,34). The van der Waals surface area contributed by atoms with Crippen molar-refractivity contribution in [3.63, 3.8) is 0 Å². The number of hydrogen-bond donors (Lipinski definition) is 1. The number of methoxy groups -OCH3 is 1. The minimum Gasteiger partial charge on any atom is -0.496 e. The number of hydrogen-bond acceptors (Lipinski definition) is 6. The van der Waals surface area contributed by atoms with E-state index in [0.29, 0.717) is 33.6 Å². The van der Waals surface area contributed by atoms with Crippen LogP contribution in [0.4, 0.5) is 0 Å². The number of para-hydroxylation sites is 1. The zero-order valence-electron chi connectivity index (χ0n) is 19.9. The fourth-order valence-corrected chi connectivity index (χ4v) is 4.13. The number of ether oxygens (including phenoxy) is 1. The molecule has 0 aliphatic carbocycles. The van der Waals surface area contributed by atoms with Crippen molar-refractivity contribution in [1.82, 2.24) is 29.9 Å². The third-order valence-electron chi connectivity index (χ3n) is 5.91. The molecule has 0 saturated carbocycles. The normalized spacial score (nSPS) is 10.9. The number of nitrogens with zero attached hydrogens (tertiary/aromatic N) is 5. The molecule has 0 aliphatic rings. The summed E-state index contributed by atoms with van der Waals surface area (Å²) >= 11 is 0. The summed E-state index contributed by atoms with van der Waals surface area (Å²) in [6, 6.07) is 20.2. The maximum Gasteiger partial charge on any atom is 0.274 e. The number of aromatic nitrogens is 5. The smallest absolute Gasteiger partial charge is 0.274 e. The monoisotopic (exact) mass is 480 g/mol. The van der Waals surface area contributed by atoms with Crippen molar-refractivity contribution in [2.24, 2.45) is 7.05 Å². The second-order valence-corrected chi connectivity index (χ2v) is 8.24. The average molecular weight is 481 g/mol. The lowest BCUT2D eigenvalue weighted by molar-refractivity contribution is 0.0941. The molecule has 3 aromatic heterocycles. The molecule has 0 saturated heterocycles. The van der Waals surface area contributed by atoms with Gasteiger partial charge in [-0.3, -0.25) is 19.3 Å². The van der Waals surface area contributed by atoms with E-state index in [1.54, 1.807) is 38.7 Å². The van der Waals surface area contributed by atoms with Crippen molar-refractivity contribution in [3.05, 3.63) is 106 Å². The van der Waals surface area contributed by atoms with E-state index in [9.17, 15) is 9.59 Å². The van der Waals surface area contributed by atoms with Crippen LogP contribution in [0.1, 0.15) is 21.7 Å². The van der Waals surface area contributed by atoms with Gasteiger partial charge in [0.05, 0.1) is 37.0 Å². The molecular formula is C27H24N6O3. The Bertz CT molecular complexity index is 1610. The summed E-state index contributed by atoms with van der Waals surface area (Å²) in [5, 5.41) is 13.3. The van der Waals surface area contributed by atoms with Crippen LogP contribution in [0.3, 0.4) is 0 Å². The maximum atomic E-state index is 13.1. The zero-order valence-corrected chi connectivity index (χ0v) is 19.9. The van der Waals surface area contributed by atoms with Crippen molar-refractivity contribution in [2.45, 2.75) is 13.1 Å². The lowest BCUT2D eigenvalue weighted by Crippen LogP contribution is -2.29. The number of carbonyl (C=O) groups is 1. The minimum atomic E-state index is -0.304. The van der Waals surface area contributed by atoms with Gasteiger partial charge in [-0.1, -0.05) is 36.4 Å². The highest BCUT2D eigenvalue weighted by Crippen LogP contribution is 2.28. The summed E-state index contributed by atoms with van der Waals surface area (Å²) in [6.45, 7) is 0.421. The Kier molecular flexibility index (Phi) is 6.27. The van der Waals surface area contributed by atoms with Gasteiger partial charge in [-0.2, -0.15) is 10.2 Å². The van der Waals surface area contributed by atoms with E-state index in [-0.39, 0.29) is 24.6 Å². The van der Waals surface area contributed by atoms with Gasteiger partial charge >= 0.3 is 0 Å². The van der Waals surface area contributed by atoms with Crippen molar-refractivity contribution in [2.75, 3.05) is 7.11 Å². The Labute approximate surface area is 207 Å². The number of aryl methyl sites for hydroxylation is 1. The highest BCUT2D eigenvalue weighted by Gasteiger charge is 2.18. The van der Waals surface area contributed by atoms with Gasteiger partial charge < -0.3 is 10.1 Å². The van der Waals surface area contributed by atoms with Gasteiger partial charge in [0.15, 0.2) is 0 Å². The summed E-state index contributed by atoms with van der Waals surface area (Å²) in [7, 11) is 3.32. The van der Waals surface area contributed by atoms with Crippen molar-refractivity contribution in [3.8, 4) is 17.0 Å². The van der Waals surface area contributed by atoms with E-state index in [1.165, 1.54) is 9.36 Å². The first-order valence-corrected chi connectivity index (χ1v) is 11.4. The maximum absolute atomic E-state index is 13.1. The summed E-state index contributed by atoms with van der Waals surface area (Å²) in [4.78, 5) is 30.3. The van der Waals surface area contributed by atoms with Crippen molar-refractivity contribution in [1.29, 1.82) is 0 Å². The topological polar surface area (TPSA) is 104 Å². The number of fused-ring (bicyclic) bond motifs is 1. The molecule has 5 rings (SSSR count). The summed E-state index contributed by atoms with van der Waals surface area (Å²) < 4.78 is 8.37. The van der Waals surface area contributed by atoms with Gasteiger partial charge in [-0.15, -0.1) is 0 Å². The van der Waals surface area contributed by atoms with E-state index < -0.39 is 0 Å². The van der Waals surface area contributed by atoms with Crippen LogP contribution in [0.5, 0.6) is 5.75 Å². The zero-order chi connectivity index (χ0) is 25.1. The number of benzene rings is 2. The molecule has 0 atom stereocenters. The first-order chi connectivity index (χ1) is 17.5. The Morgan fingerprint density at radius 3 is 2.56 bits per heavy atom. The van der Waals surface area contributed by atoms with Crippen LogP contribution in [0.15, 0.2) is 83.9 Å². The number of carbonyl (C=O) groups excluding carboxylic acids is 1. The van der Waals surface area contributed by atoms with Crippen LogP contribution in [-0.2, 0) is 20.1 Å². The van der Waals surface area contributed by atoms with E-state index >= 15 is 0 Å². The highest BCUT2D eigenvalue weighted by atomic mass is 16.5. The van der Waals surface area contributed by atoms with E-state index in [2.05, 4.69) is 20.5 Å². The van der Waals surface area contributed by atoms with E-state index in [1.807, 2.05) is 54.6 Å². The Hall–Kier alpha value is -4.79. The fourth-order valence-electron chi connectivity index (χ4n) is 4.13. The first-order valence-electron chi connectivity index (χ1n) is 11.4. The Balaban J connectivity index is 1.43. The largest absolute Gasteiger partial charge is 0.496 e. The molecule has 5 aromatic rings. The molecule has 0 aliphatic heterocycles. The number of nitrogens with one attached hydrogen (secondary N) is 1. The average Bonchev–Trinajstić information content (AvgIpc) is 3.31. The second kappa shape index (κ2) is 9.83. The van der Waals surface area contributed by atoms with Crippen LogP contribution in [0.25, 0.3) is 22.0 Å². The highest BCUT2D eigenvalue weighted by molar-refractivity contribution is 5.94. The fraction of sp³-hybridized carbons (Fsp3) is 0.148. The first kappa shape index (κ1) is 23.0. The minimum absolute atomic E-state index is 0.141. The number of amides is 1. The predicted molar refractivity (Wildman–Crippen MR) is 136 cm³/mol. The molecular weight excluding hydrogens is 456 g/mol. The van der Waals surface area contributed by atoms with Gasteiger partial charge in [-0.25, -0.2) is 4.68 Å². The van der Waals surface area contributed by atoms with Gasteiger partial charge in [0.2, 0.25) is 0 Å². The molecule has 0 fully saturated rings.